The summed E-state index contributed by atoms with van der Waals surface area (Å²) < 4.78 is 5.08. The molecule has 0 spiro atoms. The zero-order chi connectivity index (χ0) is 12.7. The molecule has 5 nitrogen and oxygen atoms in total. The van der Waals surface area contributed by atoms with Gasteiger partial charge in [-0.15, -0.1) is 0 Å². The van der Waals surface area contributed by atoms with Gasteiger partial charge in [0.05, 0.1) is 25.4 Å². The van der Waals surface area contributed by atoms with Crippen LogP contribution in [0.2, 0.25) is 5.15 Å². The van der Waals surface area contributed by atoms with Crippen molar-refractivity contribution < 1.29 is 14.6 Å². The van der Waals surface area contributed by atoms with Gasteiger partial charge in [0.15, 0.2) is 0 Å². The molecule has 1 aromatic heterocycles. The largest absolute Gasteiger partial charge is 0.394 e. The summed E-state index contributed by atoms with van der Waals surface area (Å²) >= 11 is 5.82. The number of aliphatic hydroxyl groups excluding tert-OH is 1. The van der Waals surface area contributed by atoms with Gasteiger partial charge in [0.2, 0.25) is 0 Å². The first-order valence-electron chi connectivity index (χ1n) is 5.21. The first kappa shape index (κ1) is 13.9. The van der Waals surface area contributed by atoms with E-state index >= 15 is 0 Å². The van der Waals surface area contributed by atoms with Gasteiger partial charge in [-0.2, -0.15) is 0 Å². The minimum absolute atomic E-state index is 0.0217. The predicted octanol–water partition coefficient (Wildman–Crippen LogP) is 0.816. The summed E-state index contributed by atoms with van der Waals surface area (Å²) in [7, 11) is 1.66. The van der Waals surface area contributed by atoms with E-state index in [2.05, 4.69) is 4.98 Å². The number of pyridine rings is 1. The summed E-state index contributed by atoms with van der Waals surface area (Å²) in [6.07, 6.45) is 1.53. The zero-order valence-electron chi connectivity index (χ0n) is 9.60. The molecular weight excluding hydrogens is 244 g/mol. The third-order valence-electron chi connectivity index (χ3n) is 2.14. The fourth-order valence-corrected chi connectivity index (χ4v) is 1.42. The van der Waals surface area contributed by atoms with Crippen molar-refractivity contribution in [2.45, 2.75) is 0 Å². The Kier molecular flexibility index (Phi) is 5.90. The number of aromatic nitrogens is 1. The second kappa shape index (κ2) is 7.21. The van der Waals surface area contributed by atoms with Gasteiger partial charge >= 0.3 is 0 Å². The fraction of sp³-hybridized carbons (Fsp3) is 0.455. The normalized spacial score (nSPS) is 10.3. The van der Waals surface area contributed by atoms with Crippen molar-refractivity contribution in [3.63, 3.8) is 0 Å². The minimum atomic E-state index is -0.198. The Morgan fingerprint density at radius 3 is 3.00 bits per heavy atom. The highest BCUT2D eigenvalue weighted by molar-refractivity contribution is 6.32. The van der Waals surface area contributed by atoms with Gasteiger partial charge in [-0.05, 0) is 12.1 Å². The van der Waals surface area contributed by atoms with Crippen LogP contribution in [0.4, 0.5) is 0 Å². The Morgan fingerprint density at radius 1 is 1.59 bits per heavy atom. The molecule has 0 aromatic carbocycles. The number of carbonyl (C=O) groups is 1. The maximum absolute atomic E-state index is 11.9. The third-order valence-corrected chi connectivity index (χ3v) is 2.44. The molecule has 0 aliphatic heterocycles. The molecule has 6 heteroatoms. The first-order chi connectivity index (χ1) is 8.16. The van der Waals surface area contributed by atoms with Gasteiger partial charge < -0.3 is 14.7 Å². The fourth-order valence-electron chi connectivity index (χ4n) is 1.22. The van der Waals surface area contributed by atoms with Crippen LogP contribution in [0.3, 0.4) is 0 Å². The predicted molar refractivity (Wildman–Crippen MR) is 64.1 cm³/mol. The van der Waals surface area contributed by atoms with Gasteiger partial charge in [-0.3, -0.25) is 4.79 Å². The van der Waals surface area contributed by atoms with Crippen LogP contribution in [0.5, 0.6) is 0 Å². The van der Waals surface area contributed by atoms with Gasteiger partial charge in [-0.1, -0.05) is 11.6 Å². The highest BCUT2D eigenvalue weighted by atomic mass is 35.5. The molecule has 1 aromatic rings. The van der Waals surface area contributed by atoms with Crippen LogP contribution in [0.25, 0.3) is 0 Å². The number of rotatable bonds is 6. The lowest BCUT2D eigenvalue weighted by Gasteiger charge is -2.17. The summed E-state index contributed by atoms with van der Waals surface area (Å²) in [6.45, 7) is 1.06. The van der Waals surface area contributed by atoms with E-state index in [1.54, 1.807) is 19.2 Å². The van der Waals surface area contributed by atoms with E-state index in [0.29, 0.717) is 18.7 Å². The number of aliphatic hydroxyl groups is 1. The first-order valence-corrected chi connectivity index (χ1v) is 5.59. The molecule has 1 rings (SSSR count). The summed E-state index contributed by atoms with van der Waals surface area (Å²) in [4.78, 5) is 17.3. The van der Waals surface area contributed by atoms with E-state index in [1.807, 2.05) is 0 Å². The molecule has 1 heterocycles. The summed E-state index contributed by atoms with van der Waals surface area (Å²) in [5.74, 6) is -0.198. The van der Waals surface area contributed by atoms with E-state index in [-0.39, 0.29) is 24.3 Å². The Hall–Kier alpha value is -1.17. The Bertz CT molecular complexity index is 373. The zero-order valence-corrected chi connectivity index (χ0v) is 10.4. The number of amides is 1. The van der Waals surface area contributed by atoms with Gasteiger partial charge in [0.25, 0.3) is 5.91 Å². The van der Waals surface area contributed by atoms with E-state index in [4.69, 9.17) is 21.4 Å². The molecule has 0 fully saturated rings. The van der Waals surface area contributed by atoms with E-state index in [0.717, 1.165) is 0 Å². The molecule has 94 valence electrons. The molecular formula is C11H15ClN2O3. The van der Waals surface area contributed by atoms with Crippen LogP contribution in [0.15, 0.2) is 18.3 Å². The third kappa shape index (κ3) is 4.30. The Morgan fingerprint density at radius 2 is 2.35 bits per heavy atom. The molecule has 0 bridgehead atoms. The molecule has 1 N–H and O–H groups in total. The maximum atomic E-state index is 11.9. The van der Waals surface area contributed by atoms with Gasteiger partial charge in [0, 0.05) is 19.8 Å². The number of hydrogen-bond acceptors (Lipinski definition) is 4. The van der Waals surface area contributed by atoms with Crippen molar-refractivity contribution >= 4 is 17.5 Å². The number of ether oxygens (including phenoxy) is 1. The lowest BCUT2D eigenvalue weighted by atomic mass is 10.2. The number of halogens is 1. The highest BCUT2D eigenvalue weighted by Gasteiger charge is 2.14. The van der Waals surface area contributed by atoms with Crippen molar-refractivity contribution in [3.8, 4) is 0 Å². The van der Waals surface area contributed by atoms with Crippen molar-refractivity contribution in [1.29, 1.82) is 0 Å². The van der Waals surface area contributed by atoms with Crippen LogP contribution < -0.4 is 0 Å². The van der Waals surface area contributed by atoms with Crippen LogP contribution in [0, 0.1) is 0 Å². The smallest absolute Gasteiger partial charge is 0.256 e. The molecule has 0 aliphatic rings. The maximum Gasteiger partial charge on any atom is 0.256 e. The van der Waals surface area contributed by atoms with Crippen molar-refractivity contribution in [2.24, 2.45) is 0 Å². The number of nitrogens with zero attached hydrogens (tertiary/aromatic N) is 2. The number of carbonyl (C=O) groups excluding carboxylic acids is 1. The second-order valence-electron chi connectivity index (χ2n) is 3.40. The molecule has 0 saturated carbocycles. The lowest BCUT2D eigenvalue weighted by molar-refractivity contribution is 0.0618. The van der Waals surface area contributed by atoms with Crippen LogP contribution in [-0.4, -0.2) is 54.3 Å². The quantitative estimate of drug-likeness (QED) is 0.606. The van der Waals surface area contributed by atoms with Crippen molar-refractivity contribution in [1.82, 2.24) is 9.88 Å². The standard InChI is InChI=1S/C11H15ClN2O3/c1-14(5-7-17-8-6-15)11(16)9-3-2-4-13-10(9)12/h2-4,15H,5-8H2,1H3. The van der Waals surface area contributed by atoms with Crippen LogP contribution in [0.1, 0.15) is 10.4 Å². The molecule has 17 heavy (non-hydrogen) atoms. The lowest BCUT2D eigenvalue weighted by Crippen LogP contribution is -2.30. The average molecular weight is 259 g/mol. The molecule has 0 aliphatic carbocycles. The van der Waals surface area contributed by atoms with Crippen molar-refractivity contribution in [2.75, 3.05) is 33.4 Å². The molecule has 0 unspecified atom stereocenters. The molecule has 0 radical (unpaired) electrons. The Balaban J connectivity index is 2.49. The van der Waals surface area contributed by atoms with Crippen molar-refractivity contribution in [3.05, 3.63) is 29.0 Å². The summed E-state index contributed by atoms with van der Waals surface area (Å²) in [5.41, 5.74) is 0.374. The molecule has 0 saturated heterocycles. The van der Waals surface area contributed by atoms with Crippen LogP contribution >= 0.6 is 11.6 Å². The van der Waals surface area contributed by atoms with E-state index in [1.165, 1.54) is 11.1 Å². The van der Waals surface area contributed by atoms with E-state index < -0.39 is 0 Å². The Labute approximate surface area is 105 Å². The molecule has 0 atom stereocenters. The second-order valence-corrected chi connectivity index (χ2v) is 3.76. The average Bonchev–Trinajstić information content (AvgIpc) is 2.34. The highest BCUT2D eigenvalue weighted by Crippen LogP contribution is 2.13. The number of hydrogen-bond donors (Lipinski definition) is 1. The number of likely N-dealkylation sites (N-methyl/N-ethyl adjacent to an activating group) is 1. The van der Waals surface area contributed by atoms with Crippen LogP contribution in [-0.2, 0) is 4.74 Å². The van der Waals surface area contributed by atoms with Gasteiger partial charge in [-0.25, -0.2) is 4.98 Å². The summed E-state index contributed by atoms with van der Waals surface area (Å²) in [5, 5.41) is 8.72. The summed E-state index contributed by atoms with van der Waals surface area (Å²) in [6, 6.07) is 3.29. The topological polar surface area (TPSA) is 62.7 Å². The molecule has 1 amide bonds. The monoisotopic (exact) mass is 258 g/mol. The minimum Gasteiger partial charge on any atom is -0.394 e. The van der Waals surface area contributed by atoms with E-state index in [9.17, 15) is 4.79 Å². The van der Waals surface area contributed by atoms with Gasteiger partial charge in [0.1, 0.15) is 5.15 Å². The SMILES string of the molecule is CN(CCOCCO)C(=O)c1cccnc1Cl.